The Kier molecular flexibility index (Phi) is 4.39. The number of nitrogens with one attached hydrogen (secondary N) is 1. The van der Waals surface area contributed by atoms with Gasteiger partial charge in [-0.3, -0.25) is 4.79 Å². The zero-order valence-corrected chi connectivity index (χ0v) is 13.7. The monoisotopic (exact) mass is 319 g/mol. The molecule has 0 radical (unpaired) electrons. The van der Waals surface area contributed by atoms with Gasteiger partial charge in [-0.1, -0.05) is 18.2 Å². The number of thioether (sulfide) groups is 1. The lowest BCUT2D eigenvalue weighted by Gasteiger charge is -2.22. The van der Waals surface area contributed by atoms with Crippen molar-refractivity contribution in [3.05, 3.63) is 5.82 Å². The molecule has 0 unspecified atom stereocenters. The lowest BCUT2D eigenvalue weighted by atomic mass is 9.98. The van der Waals surface area contributed by atoms with Crippen molar-refractivity contribution in [2.24, 2.45) is 5.92 Å². The SMILES string of the molecule is C[C@@](C#N)(NC(=O)CSc1nnc2n1CCCCC2)C1CC1. The molecule has 7 heteroatoms. The maximum Gasteiger partial charge on any atom is 0.231 e. The largest absolute Gasteiger partial charge is 0.337 e. The molecule has 1 atom stereocenters. The van der Waals surface area contributed by atoms with Gasteiger partial charge in [-0.2, -0.15) is 5.26 Å². The minimum Gasteiger partial charge on any atom is -0.337 e. The Labute approximate surface area is 134 Å². The number of hydrogen-bond acceptors (Lipinski definition) is 5. The second-order valence-corrected chi connectivity index (χ2v) is 7.23. The normalized spacial score (nSPS) is 20.4. The molecular weight excluding hydrogens is 298 g/mol. The number of fused-ring (bicyclic) bond motifs is 1. The van der Waals surface area contributed by atoms with Gasteiger partial charge in [0.25, 0.3) is 0 Å². The number of nitriles is 1. The highest BCUT2D eigenvalue weighted by Gasteiger charge is 2.42. The maximum absolute atomic E-state index is 12.1. The second-order valence-electron chi connectivity index (χ2n) is 6.29. The molecule has 2 aliphatic rings. The third-order valence-corrected chi connectivity index (χ3v) is 5.40. The summed E-state index contributed by atoms with van der Waals surface area (Å²) >= 11 is 1.41. The van der Waals surface area contributed by atoms with Crippen molar-refractivity contribution in [1.29, 1.82) is 5.26 Å². The minimum atomic E-state index is -0.723. The van der Waals surface area contributed by atoms with Crippen LogP contribution in [0.5, 0.6) is 0 Å². The van der Waals surface area contributed by atoms with E-state index in [1.165, 1.54) is 18.2 Å². The standard InChI is InChI=1S/C15H21N5OS/c1-15(10-16,11-6-7-11)17-13(21)9-22-14-19-18-12-5-3-2-4-8-20(12)14/h11H,2-9H2,1H3,(H,17,21)/t15-/m0/s1. The van der Waals surface area contributed by atoms with Gasteiger partial charge in [0.1, 0.15) is 11.4 Å². The molecule has 6 nitrogen and oxygen atoms in total. The average molecular weight is 319 g/mol. The third kappa shape index (κ3) is 3.27. The quantitative estimate of drug-likeness (QED) is 0.838. The van der Waals surface area contributed by atoms with Crippen molar-refractivity contribution in [3.8, 4) is 6.07 Å². The fourth-order valence-corrected chi connectivity index (χ4v) is 3.69. The first-order valence-corrected chi connectivity index (χ1v) is 8.88. The molecule has 0 saturated heterocycles. The maximum atomic E-state index is 12.1. The van der Waals surface area contributed by atoms with Crippen molar-refractivity contribution in [2.75, 3.05) is 5.75 Å². The highest BCUT2D eigenvalue weighted by molar-refractivity contribution is 7.99. The van der Waals surface area contributed by atoms with Crippen molar-refractivity contribution in [1.82, 2.24) is 20.1 Å². The van der Waals surface area contributed by atoms with Crippen LogP contribution >= 0.6 is 11.8 Å². The number of hydrogen-bond donors (Lipinski definition) is 1. The molecule has 118 valence electrons. The van der Waals surface area contributed by atoms with E-state index in [9.17, 15) is 10.1 Å². The molecule has 1 saturated carbocycles. The summed E-state index contributed by atoms with van der Waals surface area (Å²) in [6.07, 6.45) is 6.53. The first-order valence-electron chi connectivity index (χ1n) is 7.89. The number of carbonyl (C=O) groups is 1. The summed E-state index contributed by atoms with van der Waals surface area (Å²) < 4.78 is 2.13. The number of aromatic nitrogens is 3. The van der Waals surface area contributed by atoms with Crippen LogP contribution in [0.25, 0.3) is 0 Å². The van der Waals surface area contributed by atoms with E-state index in [0.717, 1.165) is 49.6 Å². The van der Waals surface area contributed by atoms with E-state index in [-0.39, 0.29) is 11.7 Å². The van der Waals surface area contributed by atoms with Crippen LogP contribution in [0.1, 0.15) is 44.9 Å². The molecule has 22 heavy (non-hydrogen) atoms. The Balaban J connectivity index is 1.57. The van der Waals surface area contributed by atoms with Gasteiger partial charge in [0, 0.05) is 13.0 Å². The summed E-state index contributed by atoms with van der Waals surface area (Å²) in [5.74, 6) is 1.50. The Bertz CT molecular complexity index is 604. The highest BCUT2D eigenvalue weighted by Crippen LogP contribution is 2.39. The molecule has 1 aromatic heterocycles. The van der Waals surface area contributed by atoms with E-state index in [4.69, 9.17) is 0 Å². The van der Waals surface area contributed by atoms with Gasteiger partial charge in [0.2, 0.25) is 5.91 Å². The second kappa shape index (κ2) is 6.29. The first-order chi connectivity index (χ1) is 10.6. The van der Waals surface area contributed by atoms with Crippen LogP contribution in [0, 0.1) is 17.2 Å². The highest BCUT2D eigenvalue weighted by atomic mass is 32.2. The van der Waals surface area contributed by atoms with Gasteiger partial charge in [0.05, 0.1) is 11.8 Å². The van der Waals surface area contributed by atoms with E-state index in [1.54, 1.807) is 0 Å². The van der Waals surface area contributed by atoms with Gasteiger partial charge in [-0.05, 0) is 38.5 Å². The Hall–Kier alpha value is -1.55. The minimum absolute atomic E-state index is 0.105. The molecule has 1 N–H and O–H groups in total. The van der Waals surface area contributed by atoms with Gasteiger partial charge >= 0.3 is 0 Å². The molecule has 2 heterocycles. The van der Waals surface area contributed by atoms with Crippen molar-refractivity contribution in [2.45, 2.75) is 62.7 Å². The van der Waals surface area contributed by atoms with E-state index in [2.05, 4.69) is 26.2 Å². The average Bonchev–Trinajstić information content (AvgIpc) is 3.32. The lowest BCUT2D eigenvalue weighted by molar-refractivity contribution is -0.119. The molecule has 0 bridgehead atoms. The van der Waals surface area contributed by atoms with Gasteiger partial charge < -0.3 is 9.88 Å². The topological polar surface area (TPSA) is 83.6 Å². The molecular formula is C15H21N5OS. The number of nitrogens with zero attached hydrogens (tertiary/aromatic N) is 4. The number of rotatable bonds is 5. The van der Waals surface area contributed by atoms with Gasteiger partial charge in [-0.25, -0.2) is 0 Å². The van der Waals surface area contributed by atoms with Crippen molar-refractivity contribution in [3.63, 3.8) is 0 Å². The summed E-state index contributed by atoms with van der Waals surface area (Å²) in [7, 11) is 0. The van der Waals surface area contributed by atoms with E-state index < -0.39 is 5.54 Å². The predicted molar refractivity (Wildman–Crippen MR) is 83.2 cm³/mol. The Morgan fingerprint density at radius 3 is 3.00 bits per heavy atom. The van der Waals surface area contributed by atoms with E-state index in [1.807, 2.05) is 6.92 Å². The third-order valence-electron chi connectivity index (χ3n) is 4.43. The summed E-state index contributed by atoms with van der Waals surface area (Å²) in [4.78, 5) is 12.1. The zero-order valence-electron chi connectivity index (χ0n) is 12.8. The van der Waals surface area contributed by atoms with Crippen LogP contribution < -0.4 is 5.32 Å². The smallest absolute Gasteiger partial charge is 0.231 e. The molecule has 1 amide bonds. The van der Waals surface area contributed by atoms with E-state index >= 15 is 0 Å². The number of amides is 1. The lowest BCUT2D eigenvalue weighted by Crippen LogP contribution is -2.47. The summed E-state index contributed by atoms with van der Waals surface area (Å²) in [6, 6.07) is 2.25. The van der Waals surface area contributed by atoms with Crippen LogP contribution in [-0.4, -0.2) is 32.0 Å². The van der Waals surface area contributed by atoms with Crippen molar-refractivity contribution < 1.29 is 4.79 Å². The predicted octanol–water partition coefficient (Wildman–Crippen LogP) is 1.91. The molecule has 3 rings (SSSR count). The summed E-state index contributed by atoms with van der Waals surface area (Å²) in [5, 5.41) is 21.4. The zero-order chi connectivity index (χ0) is 15.6. The van der Waals surface area contributed by atoms with Crippen LogP contribution in [0.15, 0.2) is 5.16 Å². The van der Waals surface area contributed by atoms with Crippen molar-refractivity contribution >= 4 is 17.7 Å². The summed E-state index contributed by atoms with van der Waals surface area (Å²) in [5.41, 5.74) is -0.723. The molecule has 1 aromatic rings. The molecule has 1 aliphatic heterocycles. The van der Waals surface area contributed by atoms with Crippen LogP contribution in [0.4, 0.5) is 0 Å². The first kappa shape index (κ1) is 15.3. The molecule has 0 spiro atoms. The fourth-order valence-electron chi connectivity index (χ4n) is 2.90. The fraction of sp³-hybridized carbons (Fsp3) is 0.733. The van der Waals surface area contributed by atoms with Crippen LogP contribution in [0.2, 0.25) is 0 Å². The molecule has 1 fully saturated rings. The number of carbonyl (C=O) groups excluding carboxylic acids is 1. The Morgan fingerprint density at radius 1 is 1.45 bits per heavy atom. The molecule has 1 aliphatic carbocycles. The number of aryl methyl sites for hydroxylation is 1. The molecule has 0 aromatic carbocycles. The summed E-state index contributed by atoms with van der Waals surface area (Å²) in [6.45, 7) is 2.75. The Morgan fingerprint density at radius 2 is 2.27 bits per heavy atom. The van der Waals surface area contributed by atoms with Gasteiger partial charge in [0.15, 0.2) is 5.16 Å². The van der Waals surface area contributed by atoms with E-state index in [0.29, 0.717) is 5.92 Å². The van der Waals surface area contributed by atoms with Gasteiger partial charge in [-0.15, -0.1) is 10.2 Å². The van der Waals surface area contributed by atoms with Crippen LogP contribution in [0.3, 0.4) is 0 Å². The van der Waals surface area contributed by atoms with Crippen LogP contribution in [-0.2, 0) is 17.8 Å².